The minimum Gasteiger partial charge on any atom is -0.456 e. The van der Waals surface area contributed by atoms with E-state index in [9.17, 15) is 27.2 Å². The van der Waals surface area contributed by atoms with Gasteiger partial charge < -0.3 is 4.74 Å². The molecule has 1 atom stereocenters. The Labute approximate surface area is 167 Å². The number of rotatable bonds is 2. The number of carbonyl (C=O) groups is 2. The number of ether oxygens (including phenoxy) is 1. The van der Waals surface area contributed by atoms with Crippen molar-refractivity contribution in [3.63, 3.8) is 0 Å². The molecule has 0 N–H and O–H groups in total. The second-order valence-corrected chi connectivity index (χ2v) is 7.01. The summed E-state index contributed by atoms with van der Waals surface area (Å²) in [4.78, 5) is 26.4. The van der Waals surface area contributed by atoms with E-state index in [2.05, 4.69) is 0 Å². The van der Waals surface area contributed by atoms with Crippen LogP contribution in [-0.2, 0) is 20.5 Å². The number of esters is 1. The third-order valence-electron chi connectivity index (χ3n) is 4.92. The highest BCUT2D eigenvalue weighted by Crippen LogP contribution is 2.45. The van der Waals surface area contributed by atoms with Crippen molar-refractivity contribution in [2.75, 3.05) is 11.5 Å². The van der Waals surface area contributed by atoms with E-state index in [1.165, 1.54) is 30.3 Å². The molecule has 0 radical (unpaired) electrons. The number of cyclic esters (lactones) is 1. The Bertz CT molecular complexity index is 1060. The number of nitrogens with zero attached hydrogens (tertiary/aromatic N) is 1. The maximum Gasteiger partial charge on any atom is 0.416 e. The Kier molecular flexibility index (Phi) is 4.61. The van der Waals surface area contributed by atoms with E-state index in [-0.39, 0.29) is 40.6 Å². The lowest BCUT2D eigenvalue weighted by molar-refractivity contribution is -0.139. The van der Waals surface area contributed by atoms with Crippen LogP contribution in [0.1, 0.15) is 23.5 Å². The van der Waals surface area contributed by atoms with Crippen molar-refractivity contribution >= 4 is 29.2 Å². The number of hydrogen-bond acceptors (Lipinski definition) is 3. The van der Waals surface area contributed by atoms with E-state index < -0.39 is 35.4 Å². The molecule has 1 amide bonds. The van der Waals surface area contributed by atoms with Gasteiger partial charge in [-0.2, -0.15) is 13.2 Å². The van der Waals surface area contributed by atoms with Gasteiger partial charge in [0.05, 0.1) is 27.5 Å². The second-order valence-electron chi connectivity index (χ2n) is 6.61. The van der Waals surface area contributed by atoms with Crippen LogP contribution in [0, 0.1) is 5.82 Å². The Hall–Kier alpha value is -2.87. The molecule has 2 aromatic rings. The number of benzene rings is 2. The first-order valence-electron chi connectivity index (χ1n) is 8.52. The predicted octanol–water partition coefficient (Wildman–Crippen LogP) is 4.83. The summed E-state index contributed by atoms with van der Waals surface area (Å²) in [6, 6.07) is 8.40. The SMILES string of the molecule is O=C1OCC2=C1C(c1ccccc1C(F)(F)F)CC(=O)N2c1ccc(F)c(Cl)c1. The van der Waals surface area contributed by atoms with Gasteiger partial charge in [-0.05, 0) is 29.8 Å². The Morgan fingerprint density at radius 3 is 2.52 bits per heavy atom. The van der Waals surface area contributed by atoms with Crippen LogP contribution in [0.4, 0.5) is 23.2 Å². The molecular weight excluding hydrogens is 414 g/mol. The van der Waals surface area contributed by atoms with Crippen molar-refractivity contribution in [3.05, 3.63) is 75.7 Å². The molecule has 0 aliphatic carbocycles. The molecule has 0 saturated carbocycles. The van der Waals surface area contributed by atoms with Crippen LogP contribution in [0.3, 0.4) is 0 Å². The van der Waals surface area contributed by atoms with Gasteiger partial charge in [0.15, 0.2) is 0 Å². The lowest BCUT2D eigenvalue weighted by Crippen LogP contribution is -2.38. The number of anilines is 1. The van der Waals surface area contributed by atoms with Crippen LogP contribution in [0.25, 0.3) is 0 Å². The Morgan fingerprint density at radius 2 is 1.83 bits per heavy atom. The highest BCUT2D eigenvalue weighted by atomic mass is 35.5. The molecule has 1 unspecified atom stereocenters. The first-order valence-corrected chi connectivity index (χ1v) is 8.90. The van der Waals surface area contributed by atoms with E-state index >= 15 is 0 Å². The maximum atomic E-state index is 13.5. The summed E-state index contributed by atoms with van der Waals surface area (Å²) < 4.78 is 59.0. The topological polar surface area (TPSA) is 46.6 Å². The van der Waals surface area contributed by atoms with Crippen LogP contribution >= 0.6 is 11.6 Å². The molecule has 29 heavy (non-hydrogen) atoms. The lowest BCUT2D eigenvalue weighted by atomic mass is 9.82. The van der Waals surface area contributed by atoms with Crippen LogP contribution in [0.2, 0.25) is 5.02 Å². The molecular formula is C20H12ClF4NO3. The molecule has 2 aromatic carbocycles. The van der Waals surface area contributed by atoms with E-state index in [0.717, 1.165) is 17.0 Å². The van der Waals surface area contributed by atoms with E-state index in [4.69, 9.17) is 16.3 Å². The standard InChI is InChI=1S/C20H12ClF4NO3/c21-14-7-10(5-6-15(14)22)26-16-9-29-19(28)18(16)12(8-17(26)27)11-3-1-2-4-13(11)20(23,24)25/h1-7,12H,8-9H2. The molecule has 4 nitrogen and oxygen atoms in total. The molecule has 9 heteroatoms. The summed E-state index contributed by atoms with van der Waals surface area (Å²) in [5, 5.41) is -0.229. The number of alkyl halides is 3. The maximum absolute atomic E-state index is 13.5. The third kappa shape index (κ3) is 3.27. The normalized spacial score (nSPS) is 19.5. The van der Waals surface area contributed by atoms with Gasteiger partial charge in [0.25, 0.3) is 0 Å². The zero-order valence-electron chi connectivity index (χ0n) is 14.6. The zero-order chi connectivity index (χ0) is 20.9. The highest BCUT2D eigenvalue weighted by molar-refractivity contribution is 6.31. The van der Waals surface area contributed by atoms with Crippen LogP contribution in [-0.4, -0.2) is 18.5 Å². The quantitative estimate of drug-likeness (QED) is 0.511. The van der Waals surface area contributed by atoms with Gasteiger partial charge >= 0.3 is 12.1 Å². The zero-order valence-corrected chi connectivity index (χ0v) is 15.4. The van der Waals surface area contributed by atoms with Gasteiger partial charge in [-0.15, -0.1) is 0 Å². The minimum absolute atomic E-state index is 0.0123. The largest absolute Gasteiger partial charge is 0.456 e. The summed E-state index contributed by atoms with van der Waals surface area (Å²) in [5.41, 5.74) is -0.758. The number of halogens is 5. The third-order valence-corrected chi connectivity index (χ3v) is 5.21. The van der Waals surface area contributed by atoms with Crippen molar-refractivity contribution in [1.82, 2.24) is 0 Å². The fourth-order valence-electron chi connectivity index (χ4n) is 3.70. The summed E-state index contributed by atoms with van der Waals surface area (Å²) in [6.07, 6.45) is -5.03. The molecule has 2 aliphatic heterocycles. The summed E-state index contributed by atoms with van der Waals surface area (Å²) in [6.45, 7) is -0.278. The summed E-state index contributed by atoms with van der Waals surface area (Å²) in [7, 11) is 0. The first kappa shape index (κ1) is 19.4. The number of carbonyl (C=O) groups excluding carboxylic acids is 2. The van der Waals surface area contributed by atoms with E-state index in [1.54, 1.807) is 0 Å². The van der Waals surface area contributed by atoms with Gasteiger partial charge in [0, 0.05) is 12.3 Å². The highest BCUT2D eigenvalue weighted by Gasteiger charge is 2.45. The number of hydrogen-bond donors (Lipinski definition) is 0. The number of amides is 1. The average molecular weight is 426 g/mol. The molecule has 0 aromatic heterocycles. The van der Waals surface area contributed by atoms with E-state index in [0.29, 0.717) is 0 Å². The Balaban J connectivity index is 1.87. The van der Waals surface area contributed by atoms with Crippen molar-refractivity contribution < 1.29 is 31.9 Å². The molecule has 2 heterocycles. The molecule has 0 spiro atoms. The Morgan fingerprint density at radius 1 is 1.10 bits per heavy atom. The molecule has 2 aliphatic rings. The lowest BCUT2D eigenvalue weighted by Gasteiger charge is -2.32. The fourth-order valence-corrected chi connectivity index (χ4v) is 3.88. The average Bonchev–Trinajstić information content (AvgIpc) is 3.04. The molecule has 0 saturated heterocycles. The fraction of sp³-hybridized carbons (Fsp3) is 0.200. The first-order chi connectivity index (χ1) is 13.7. The van der Waals surface area contributed by atoms with Crippen LogP contribution in [0.15, 0.2) is 53.7 Å². The smallest absolute Gasteiger partial charge is 0.416 e. The van der Waals surface area contributed by atoms with Crippen molar-refractivity contribution in [2.24, 2.45) is 0 Å². The second kappa shape index (κ2) is 6.88. The molecule has 4 rings (SSSR count). The monoisotopic (exact) mass is 425 g/mol. The van der Waals surface area contributed by atoms with Gasteiger partial charge in [0.2, 0.25) is 5.91 Å². The predicted molar refractivity (Wildman–Crippen MR) is 95.7 cm³/mol. The summed E-state index contributed by atoms with van der Waals surface area (Å²) >= 11 is 5.80. The van der Waals surface area contributed by atoms with Crippen molar-refractivity contribution in [3.8, 4) is 0 Å². The van der Waals surface area contributed by atoms with Crippen LogP contribution in [0.5, 0.6) is 0 Å². The van der Waals surface area contributed by atoms with Crippen LogP contribution < -0.4 is 4.90 Å². The van der Waals surface area contributed by atoms with Gasteiger partial charge in [-0.1, -0.05) is 29.8 Å². The molecule has 150 valence electrons. The van der Waals surface area contributed by atoms with Gasteiger partial charge in [-0.3, -0.25) is 9.69 Å². The minimum atomic E-state index is -4.65. The summed E-state index contributed by atoms with van der Waals surface area (Å²) in [5.74, 6) is -3.12. The molecule has 0 fully saturated rings. The van der Waals surface area contributed by atoms with E-state index in [1.807, 2.05) is 0 Å². The molecule has 0 bridgehead atoms. The van der Waals surface area contributed by atoms with Crippen molar-refractivity contribution in [1.29, 1.82) is 0 Å². The van der Waals surface area contributed by atoms with Gasteiger partial charge in [0.1, 0.15) is 12.4 Å². The van der Waals surface area contributed by atoms with Crippen molar-refractivity contribution in [2.45, 2.75) is 18.5 Å². The van der Waals surface area contributed by atoms with Gasteiger partial charge in [-0.25, -0.2) is 9.18 Å².